The first-order valence-corrected chi connectivity index (χ1v) is 30.7. The van der Waals surface area contributed by atoms with Gasteiger partial charge >= 0.3 is 0 Å². The Kier molecular flexibility index (Phi) is 28.2. The lowest BCUT2D eigenvalue weighted by Crippen LogP contribution is -2.44. The number of ether oxygens (including phenoxy) is 4. The molecule has 1 heterocycles. The van der Waals surface area contributed by atoms with Gasteiger partial charge in [0.15, 0.2) is 0 Å². The fraction of sp³-hybridized carbons (Fsp3) is 0.761. The summed E-state index contributed by atoms with van der Waals surface area (Å²) < 4.78 is 24.6. The number of hydrogen-bond donors (Lipinski definition) is 6. The van der Waals surface area contributed by atoms with Crippen molar-refractivity contribution in [1.82, 2.24) is 36.8 Å². The van der Waals surface area contributed by atoms with E-state index in [1.165, 1.54) is 18.2 Å². The zero-order valence-corrected chi connectivity index (χ0v) is 57.2. The van der Waals surface area contributed by atoms with Crippen molar-refractivity contribution in [2.24, 2.45) is 54.1 Å². The van der Waals surface area contributed by atoms with Crippen LogP contribution in [0, 0.1) is 54.1 Å². The van der Waals surface area contributed by atoms with E-state index in [-0.39, 0.29) is 114 Å². The molecular weight excluding hydrogens is 1090 g/mol. The SMILES string of the molecule is CC(C)(C)CCC(C)(C)C(=O)NCC(C)(C)COCC(C)(C)CNC(=O)c1cc(OCCNC(=O)CC(C)(C)COCC(C)(C)CNC(=O)CCN2C(=O)C=CC2=O)cc(C(=O)NCC(C)(C)COCC(C)(C)CNC(=O)C(C)(C)CC(C)(C)C)c1. The molecule has 86 heavy (non-hydrogen) atoms. The van der Waals surface area contributed by atoms with E-state index in [0.717, 1.165) is 24.2 Å². The lowest BCUT2D eigenvalue weighted by Gasteiger charge is -2.33. The number of amides is 8. The second-order valence-electron chi connectivity index (χ2n) is 32.6. The summed E-state index contributed by atoms with van der Waals surface area (Å²) in [6, 6.07) is 4.66. The number of hydrogen-bond acceptors (Lipinski definition) is 12. The Balaban J connectivity index is 2.09. The lowest BCUT2D eigenvalue weighted by molar-refractivity contribution is -0.137. The molecule has 490 valence electrons. The van der Waals surface area contributed by atoms with E-state index in [9.17, 15) is 38.4 Å². The van der Waals surface area contributed by atoms with Crippen molar-refractivity contribution in [3.05, 3.63) is 41.5 Å². The first-order chi connectivity index (χ1) is 39.0. The van der Waals surface area contributed by atoms with Gasteiger partial charge in [-0.05, 0) is 53.7 Å². The minimum atomic E-state index is -0.545. The summed E-state index contributed by atoms with van der Waals surface area (Å²) >= 11 is 0. The monoisotopic (exact) mass is 1210 g/mol. The van der Waals surface area contributed by atoms with Crippen molar-refractivity contribution >= 4 is 47.3 Å². The molecule has 1 aromatic rings. The van der Waals surface area contributed by atoms with Crippen molar-refractivity contribution in [3.63, 3.8) is 0 Å². The Labute approximate surface area is 517 Å². The van der Waals surface area contributed by atoms with Crippen LogP contribution in [-0.2, 0) is 43.0 Å². The molecule has 1 aromatic carbocycles. The molecule has 1 aliphatic heterocycles. The zero-order chi connectivity index (χ0) is 66.0. The van der Waals surface area contributed by atoms with Crippen molar-refractivity contribution in [2.75, 3.05) is 92.1 Å². The average molecular weight is 1210 g/mol. The van der Waals surface area contributed by atoms with Crippen LogP contribution in [0.1, 0.15) is 205 Å². The topological polar surface area (TPSA) is 249 Å². The predicted octanol–water partition coefficient (Wildman–Crippen LogP) is 9.22. The quantitative estimate of drug-likeness (QED) is 0.0268. The fourth-order valence-corrected chi connectivity index (χ4v) is 9.38. The van der Waals surface area contributed by atoms with E-state index in [1.54, 1.807) is 12.1 Å². The van der Waals surface area contributed by atoms with Crippen LogP contribution in [0.3, 0.4) is 0 Å². The highest BCUT2D eigenvalue weighted by atomic mass is 16.5. The van der Waals surface area contributed by atoms with Gasteiger partial charge in [-0.2, -0.15) is 0 Å². The Morgan fingerprint density at radius 1 is 0.430 bits per heavy atom. The number of imide groups is 1. The molecule has 0 bridgehead atoms. The van der Waals surface area contributed by atoms with E-state index in [0.29, 0.717) is 52.7 Å². The minimum Gasteiger partial charge on any atom is -0.492 e. The summed E-state index contributed by atoms with van der Waals surface area (Å²) in [7, 11) is 0. The smallest absolute Gasteiger partial charge is 0.253 e. The fourth-order valence-electron chi connectivity index (χ4n) is 9.38. The normalized spacial score (nSPS) is 14.0. The Hall–Kier alpha value is -5.40. The molecule has 19 nitrogen and oxygen atoms in total. The van der Waals surface area contributed by atoms with Gasteiger partial charge < -0.3 is 50.8 Å². The Morgan fingerprint density at radius 3 is 1.22 bits per heavy atom. The summed E-state index contributed by atoms with van der Waals surface area (Å²) in [6.45, 7) is 48.5. The van der Waals surface area contributed by atoms with Crippen LogP contribution < -0.4 is 36.6 Å². The molecule has 19 heteroatoms. The molecule has 0 saturated carbocycles. The number of carbonyl (C=O) groups is 8. The van der Waals surface area contributed by atoms with E-state index in [1.807, 2.05) is 111 Å². The first kappa shape index (κ1) is 76.7. The molecule has 0 aromatic heterocycles. The summed E-state index contributed by atoms with van der Waals surface area (Å²) in [5.41, 5.74) is -3.16. The maximum absolute atomic E-state index is 14.0. The van der Waals surface area contributed by atoms with Gasteiger partial charge in [0.05, 0.1) is 46.2 Å². The molecule has 8 amide bonds. The second-order valence-corrected chi connectivity index (χ2v) is 32.6. The highest BCUT2D eigenvalue weighted by molar-refractivity contribution is 6.13. The summed E-state index contributed by atoms with van der Waals surface area (Å²) in [4.78, 5) is 105. The molecule has 1 aliphatic rings. The maximum Gasteiger partial charge on any atom is 0.253 e. The lowest BCUT2D eigenvalue weighted by atomic mass is 9.75. The molecule has 0 unspecified atom stereocenters. The molecule has 0 fully saturated rings. The van der Waals surface area contributed by atoms with Crippen LogP contribution in [0.25, 0.3) is 0 Å². The van der Waals surface area contributed by atoms with Crippen LogP contribution in [0.2, 0.25) is 0 Å². The van der Waals surface area contributed by atoms with Gasteiger partial charge in [-0.15, -0.1) is 0 Å². The van der Waals surface area contributed by atoms with Gasteiger partial charge in [-0.25, -0.2) is 0 Å². The highest BCUT2D eigenvalue weighted by Gasteiger charge is 2.35. The van der Waals surface area contributed by atoms with E-state index in [2.05, 4.69) is 73.4 Å². The number of nitrogens with one attached hydrogen (secondary N) is 6. The summed E-state index contributed by atoms with van der Waals surface area (Å²) in [5.74, 6) is -1.95. The molecule has 6 N–H and O–H groups in total. The molecule has 0 radical (unpaired) electrons. The van der Waals surface area contributed by atoms with Gasteiger partial charge in [-0.3, -0.25) is 43.3 Å². The highest BCUT2D eigenvalue weighted by Crippen LogP contribution is 2.34. The van der Waals surface area contributed by atoms with Crippen molar-refractivity contribution in [1.29, 1.82) is 0 Å². The van der Waals surface area contributed by atoms with Gasteiger partial charge in [0.1, 0.15) is 12.4 Å². The van der Waals surface area contributed by atoms with Crippen LogP contribution in [0.5, 0.6) is 5.75 Å². The third kappa shape index (κ3) is 31.0. The molecule has 0 spiro atoms. The van der Waals surface area contributed by atoms with Gasteiger partial charge in [0.25, 0.3) is 23.6 Å². The molecule has 2 rings (SSSR count). The molecular formula is C67H115N7O12. The summed E-state index contributed by atoms with van der Waals surface area (Å²) in [5, 5.41) is 18.1. The van der Waals surface area contributed by atoms with Crippen LogP contribution in [0.4, 0.5) is 0 Å². The largest absolute Gasteiger partial charge is 0.492 e. The Bertz CT molecular complexity index is 2480. The molecule has 0 atom stereocenters. The number of benzene rings is 1. The number of rotatable bonds is 38. The number of carbonyl (C=O) groups excluding carboxylic acids is 8. The van der Waals surface area contributed by atoms with Gasteiger partial charge in [0.2, 0.25) is 23.6 Å². The second kappa shape index (κ2) is 31.7. The predicted molar refractivity (Wildman–Crippen MR) is 339 cm³/mol. The van der Waals surface area contributed by atoms with Crippen LogP contribution in [0.15, 0.2) is 30.4 Å². The Morgan fingerprint density at radius 2 is 0.814 bits per heavy atom. The average Bonchev–Trinajstić information content (AvgIpc) is 3.06. The first-order valence-electron chi connectivity index (χ1n) is 30.7. The standard InChI is InChI=1S/C67H115N7O12/c1-58(2,3)26-27-66(19,20)56(81)72-39-64(15,16)45-84-43-62(11,12)37-70-54(79)47-31-48(55(80)71-38-63(13,14)44-85-46-65(17,18)40-73-57(82)67(21,22)35-59(4,5)6)33-49(32-47)86-30-28-68-51(76)34-60(7,8)41-83-42-61(9,10)36-69-50(75)25-29-74-52(77)23-24-53(74)78/h23-24,31-33H,25-30,34-46H2,1-22H3,(H,68,76)(H,69,75)(H,70,79)(H,71,80)(H,72,81)(H,73,82). The third-order valence-electron chi connectivity index (χ3n) is 14.6. The van der Waals surface area contributed by atoms with Crippen LogP contribution in [-0.4, -0.2) is 144 Å². The third-order valence-corrected chi connectivity index (χ3v) is 14.6. The van der Waals surface area contributed by atoms with Crippen LogP contribution >= 0.6 is 0 Å². The maximum atomic E-state index is 14.0. The minimum absolute atomic E-state index is 0.000640. The van der Waals surface area contributed by atoms with Gasteiger partial charge in [-0.1, -0.05) is 152 Å². The van der Waals surface area contributed by atoms with Crippen molar-refractivity contribution < 1.29 is 57.3 Å². The van der Waals surface area contributed by atoms with E-state index < -0.39 is 56.1 Å². The number of nitrogens with zero attached hydrogens (tertiary/aromatic N) is 1. The van der Waals surface area contributed by atoms with Crippen molar-refractivity contribution in [3.8, 4) is 5.75 Å². The van der Waals surface area contributed by atoms with Crippen molar-refractivity contribution in [2.45, 2.75) is 184 Å². The zero-order valence-electron chi connectivity index (χ0n) is 57.2. The molecule has 0 saturated heterocycles. The van der Waals surface area contributed by atoms with Gasteiger partial charge in [0, 0.05) is 113 Å². The molecule has 0 aliphatic carbocycles. The van der Waals surface area contributed by atoms with E-state index >= 15 is 0 Å². The summed E-state index contributed by atoms with van der Waals surface area (Å²) in [6.07, 6.45) is 4.97. The van der Waals surface area contributed by atoms with E-state index in [4.69, 9.17) is 18.9 Å².